The maximum absolute atomic E-state index is 11.7. The third kappa shape index (κ3) is 7.57. The predicted octanol–water partition coefficient (Wildman–Crippen LogP) is 11.6. The number of pyridine rings is 1. The number of carbonyl (C=O) groups excluding carboxylic acids is 1. The number of ketones is 1. The number of nitrogens with zero attached hydrogens (tertiary/aromatic N) is 1. The Hall–Kier alpha value is -3.11. The Morgan fingerprint density at radius 2 is 1.56 bits per heavy atom. The monoisotopic (exact) mass is 863 g/mol. The van der Waals surface area contributed by atoms with Crippen molar-refractivity contribution in [2.24, 2.45) is 11.8 Å². The molecule has 0 fully saturated rings. The number of aliphatic hydroxyl groups excluding tert-OH is 1. The summed E-state index contributed by atoms with van der Waals surface area (Å²) in [5.41, 5.74) is 10.6. The number of fused-ring (bicyclic) bond motifs is 3. The number of hydrogen-bond acceptors (Lipinski definition) is 3. The van der Waals surface area contributed by atoms with Gasteiger partial charge in [0.05, 0.1) is 13.8 Å². The maximum Gasteiger partial charge on any atom is 0.162 e. The van der Waals surface area contributed by atoms with Gasteiger partial charge in [-0.3, -0.25) is 9.78 Å². The molecule has 267 valence electrons. The first-order chi connectivity index (χ1) is 23.3. The normalized spacial score (nSPS) is 16.5. The summed E-state index contributed by atoms with van der Waals surface area (Å²) >= 11 is 0. The van der Waals surface area contributed by atoms with Crippen molar-refractivity contribution in [2.45, 2.75) is 112 Å². The number of benzene rings is 3. The zero-order valence-electron chi connectivity index (χ0n) is 31.8. The molecule has 1 atom stereocenters. The van der Waals surface area contributed by atoms with Crippen molar-refractivity contribution >= 4 is 41.5 Å². The van der Waals surface area contributed by atoms with Crippen LogP contribution in [0.4, 0.5) is 0 Å². The summed E-state index contributed by atoms with van der Waals surface area (Å²) in [6.45, 7) is 22.4. The Morgan fingerprint density at radius 3 is 2.14 bits per heavy atom. The molecule has 0 amide bonds. The van der Waals surface area contributed by atoms with Crippen molar-refractivity contribution in [2.75, 3.05) is 0 Å². The maximum atomic E-state index is 11.7. The average Bonchev–Trinajstić information content (AvgIpc) is 3.37. The van der Waals surface area contributed by atoms with Gasteiger partial charge >= 0.3 is 0 Å². The van der Waals surface area contributed by atoms with Gasteiger partial charge in [0.25, 0.3) is 0 Å². The third-order valence-corrected chi connectivity index (χ3v) is 13.1. The van der Waals surface area contributed by atoms with E-state index in [0.29, 0.717) is 5.92 Å². The van der Waals surface area contributed by atoms with Gasteiger partial charge < -0.3 is 5.11 Å². The Labute approximate surface area is 316 Å². The number of aromatic nitrogens is 1. The van der Waals surface area contributed by atoms with Crippen LogP contribution in [0.5, 0.6) is 0 Å². The van der Waals surface area contributed by atoms with Crippen molar-refractivity contribution in [3.8, 4) is 11.3 Å². The standard InChI is InChI=1S/C32H32NSi.C13H24O2.Ir/c1-20(2)29-25-10-8-7-9-22(25)17-26-27(29)19-32(3)28(18-23-15-16-33-31(26)30(23)32)21-11-13-24(14-12-21)34(4,5)6;1-5-10(6-2)12(14)9-13(15)11(7-3)8-4;/h7-16,18,20H,19H2,1-6H3;9-11,14H,5-8H2,1-4H3;/q-1;;/b;12-9-;. The van der Waals surface area contributed by atoms with Crippen LogP contribution in [0.15, 0.2) is 72.6 Å². The summed E-state index contributed by atoms with van der Waals surface area (Å²) in [6.07, 6.45) is 10.3. The van der Waals surface area contributed by atoms with Crippen molar-refractivity contribution in [1.29, 1.82) is 0 Å². The molecule has 1 aromatic heterocycles. The summed E-state index contributed by atoms with van der Waals surface area (Å²) in [7, 11) is -1.33. The van der Waals surface area contributed by atoms with Crippen LogP contribution in [0.3, 0.4) is 0 Å². The van der Waals surface area contributed by atoms with Gasteiger partial charge in [0, 0.05) is 55.3 Å². The molecule has 1 radical (unpaired) electrons. The molecular weight excluding hydrogens is 807 g/mol. The Balaban J connectivity index is 0.000000301. The van der Waals surface area contributed by atoms with Crippen LogP contribution in [0.25, 0.3) is 33.7 Å². The first kappa shape index (κ1) is 39.7. The first-order valence-corrected chi connectivity index (χ1v) is 22.0. The van der Waals surface area contributed by atoms with Gasteiger partial charge in [-0.05, 0) is 66.4 Å². The molecule has 0 spiro atoms. The van der Waals surface area contributed by atoms with E-state index in [2.05, 4.69) is 107 Å². The van der Waals surface area contributed by atoms with Crippen LogP contribution in [0.1, 0.15) is 108 Å². The smallest absolute Gasteiger partial charge is 0.162 e. The molecule has 0 aliphatic heterocycles. The average molecular weight is 863 g/mol. The molecule has 4 aromatic rings. The van der Waals surface area contributed by atoms with Crippen LogP contribution >= 0.6 is 0 Å². The molecule has 1 unspecified atom stereocenters. The van der Waals surface area contributed by atoms with Crippen molar-refractivity contribution in [3.63, 3.8) is 0 Å². The van der Waals surface area contributed by atoms with Gasteiger partial charge in [0.1, 0.15) is 0 Å². The summed E-state index contributed by atoms with van der Waals surface area (Å²) < 4.78 is 0. The van der Waals surface area contributed by atoms with E-state index in [0.717, 1.165) is 37.8 Å². The first-order valence-electron chi connectivity index (χ1n) is 18.5. The topological polar surface area (TPSA) is 50.2 Å². The quantitative estimate of drug-likeness (QED) is 0.0748. The van der Waals surface area contributed by atoms with Crippen LogP contribution in [-0.2, 0) is 36.7 Å². The van der Waals surface area contributed by atoms with Crippen LogP contribution in [0, 0.1) is 17.9 Å². The molecule has 1 heterocycles. The Kier molecular flexibility index (Phi) is 12.7. The van der Waals surface area contributed by atoms with E-state index in [4.69, 9.17) is 4.98 Å². The fourth-order valence-corrected chi connectivity index (χ4v) is 9.23. The summed E-state index contributed by atoms with van der Waals surface area (Å²) in [6, 6.07) is 24.2. The van der Waals surface area contributed by atoms with Gasteiger partial charge in [0.15, 0.2) is 5.78 Å². The minimum absolute atomic E-state index is 0. The zero-order chi connectivity index (χ0) is 35.7. The fraction of sp³-hybridized carbons (Fsp3) is 0.422. The van der Waals surface area contributed by atoms with Crippen molar-refractivity contribution in [3.05, 3.63) is 107 Å². The summed E-state index contributed by atoms with van der Waals surface area (Å²) in [5, 5.41) is 13.8. The second-order valence-electron chi connectivity index (χ2n) is 15.6. The van der Waals surface area contributed by atoms with E-state index in [-0.39, 0.29) is 48.9 Å². The largest absolute Gasteiger partial charge is 0.512 e. The van der Waals surface area contributed by atoms with Gasteiger partial charge in [-0.2, -0.15) is 0 Å². The van der Waals surface area contributed by atoms with Crippen LogP contribution < -0.4 is 5.19 Å². The minimum atomic E-state index is -1.33. The van der Waals surface area contributed by atoms with E-state index in [1.54, 1.807) is 0 Å². The molecule has 0 saturated carbocycles. The fourth-order valence-electron chi connectivity index (χ4n) is 8.06. The molecule has 3 nitrogen and oxygen atoms in total. The Bertz CT molecular complexity index is 1890. The number of hydrogen-bond donors (Lipinski definition) is 1. The zero-order valence-corrected chi connectivity index (χ0v) is 35.2. The predicted molar refractivity (Wildman–Crippen MR) is 212 cm³/mol. The van der Waals surface area contributed by atoms with Crippen molar-refractivity contribution in [1.82, 2.24) is 4.98 Å². The molecule has 3 aromatic carbocycles. The molecule has 1 N–H and O–H groups in total. The van der Waals surface area contributed by atoms with E-state index < -0.39 is 8.07 Å². The second kappa shape index (κ2) is 16.1. The minimum Gasteiger partial charge on any atom is -0.512 e. The van der Waals surface area contributed by atoms with Crippen LogP contribution in [0.2, 0.25) is 19.6 Å². The molecule has 2 aliphatic carbocycles. The van der Waals surface area contributed by atoms with E-state index in [1.807, 2.05) is 33.9 Å². The van der Waals surface area contributed by atoms with Crippen molar-refractivity contribution < 1.29 is 30.0 Å². The summed E-state index contributed by atoms with van der Waals surface area (Å²) in [4.78, 5) is 16.7. The molecule has 2 aliphatic rings. The van der Waals surface area contributed by atoms with Gasteiger partial charge in [-0.1, -0.05) is 133 Å². The molecule has 0 saturated heterocycles. The van der Waals surface area contributed by atoms with Gasteiger partial charge in [0.2, 0.25) is 0 Å². The van der Waals surface area contributed by atoms with E-state index >= 15 is 0 Å². The molecule has 6 rings (SSSR count). The van der Waals surface area contributed by atoms with E-state index in [9.17, 15) is 9.90 Å². The molecule has 5 heteroatoms. The molecule has 0 bridgehead atoms. The number of aliphatic hydroxyl groups is 1. The van der Waals surface area contributed by atoms with Gasteiger partial charge in [-0.15, -0.1) is 28.6 Å². The molecular formula is C45H56IrNO2Si-. The summed E-state index contributed by atoms with van der Waals surface area (Å²) in [5.74, 6) is 0.984. The van der Waals surface area contributed by atoms with Gasteiger partial charge in [-0.25, -0.2) is 0 Å². The van der Waals surface area contributed by atoms with E-state index in [1.165, 1.54) is 61.0 Å². The van der Waals surface area contributed by atoms with Crippen LogP contribution in [-0.4, -0.2) is 23.9 Å². The third-order valence-electron chi connectivity index (χ3n) is 11.0. The number of allylic oxidation sites excluding steroid dienone is 3. The second-order valence-corrected chi connectivity index (χ2v) is 20.7. The number of carbonyl (C=O) groups is 1. The Morgan fingerprint density at radius 1 is 0.940 bits per heavy atom. The molecule has 50 heavy (non-hydrogen) atoms. The number of rotatable bonds is 10. The SMILES string of the molecule is CC(C)c1c2c([c-]c3ccccc13)-c1nccc3c1C(C)(C2)C(c1ccc([Si](C)(C)C)cc1)=C3.CCC(CC)C(=O)/C=C(\O)C(CC)CC.[Ir].